The van der Waals surface area contributed by atoms with Crippen LogP contribution < -0.4 is 10.6 Å². The minimum Gasteiger partial charge on any atom is -0.384 e. The Morgan fingerprint density at radius 3 is 2.19 bits per heavy atom. The predicted octanol–water partition coefficient (Wildman–Crippen LogP) is 6.40. The molecule has 2 aromatic rings. The van der Waals surface area contributed by atoms with Crippen LogP contribution in [-0.2, 0) is 6.42 Å². The zero-order chi connectivity index (χ0) is 18.8. The highest BCUT2D eigenvalue weighted by Gasteiger charge is 2.17. The Morgan fingerprint density at radius 2 is 1.58 bits per heavy atom. The second kappa shape index (κ2) is 7.85. The Balaban J connectivity index is 0.000000151. The molecule has 2 aliphatic heterocycles. The van der Waals surface area contributed by atoms with E-state index in [4.69, 9.17) is 0 Å². The second-order valence-corrected chi connectivity index (χ2v) is 9.52. The molecule has 0 fully saturated rings. The maximum atomic E-state index is 4.03. The molecule has 0 atom stereocenters. The average molecular weight is 385 g/mol. The molecular weight excluding hydrogens is 356 g/mol. The van der Waals surface area contributed by atoms with Gasteiger partial charge in [-0.1, -0.05) is 40.9 Å². The fraction of sp³-hybridized carbons (Fsp3) is 0.364. The molecule has 0 unspecified atom stereocenters. The van der Waals surface area contributed by atoms with Gasteiger partial charge in [-0.3, -0.25) is 0 Å². The molecule has 2 aliphatic rings. The molecular formula is C22H28N2S2. The number of rotatable bonds is 2. The summed E-state index contributed by atoms with van der Waals surface area (Å²) in [6.07, 6.45) is 5.20. The molecule has 0 bridgehead atoms. The molecule has 2 aromatic heterocycles. The van der Waals surface area contributed by atoms with Crippen molar-refractivity contribution in [3.63, 3.8) is 0 Å². The third-order valence-electron chi connectivity index (χ3n) is 4.55. The number of fused-ring (bicyclic) bond motifs is 2. The maximum Gasteiger partial charge on any atom is 0.0575 e. The van der Waals surface area contributed by atoms with Crippen molar-refractivity contribution in [3.8, 4) is 0 Å². The first-order valence-corrected chi connectivity index (χ1v) is 10.8. The molecule has 0 spiro atoms. The van der Waals surface area contributed by atoms with Gasteiger partial charge in [0, 0.05) is 33.9 Å². The monoisotopic (exact) mass is 384 g/mol. The lowest BCUT2D eigenvalue weighted by Gasteiger charge is -2.15. The van der Waals surface area contributed by atoms with Gasteiger partial charge in [0.05, 0.1) is 9.75 Å². The summed E-state index contributed by atoms with van der Waals surface area (Å²) in [5, 5.41) is 6.43. The predicted molar refractivity (Wildman–Crippen MR) is 119 cm³/mol. The summed E-state index contributed by atoms with van der Waals surface area (Å²) >= 11 is 3.73. The third-order valence-corrected chi connectivity index (χ3v) is 7.60. The van der Waals surface area contributed by atoms with Crippen LogP contribution >= 0.6 is 22.7 Å². The van der Waals surface area contributed by atoms with Crippen molar-refractivity contribution in [1.82, 2.24) is 10.6 Å². The van der Waals surface area contributed by atoms with Gasteiger partial charge in [-0.05, 0) is 47.6 Å². The molecule has 138 valence electrons. The summed E-state index contributed by atoms with van der Waals surface area (Å²) in [7, 11) is 0. The van der Waals surface area contributed by atoms with Crippen molar-refractivity contribution < 1.29 is 0 Å². The Hall–Kier alpha value is -1.78. The van der Waals surface area contributed by atoms with Gasteiger partial charge in [-0.2, -0.15) is 0 Å². The quantitative estimate of drug-likeness (QED) is 0.625. The fourth-order valence-corrected chi connectivity index (χ4v) is 5.22. The van der Waals surface area contributed by atoms with E-state index in [2.05, 4.69) is 69.7 Å². The highest BCUT2D eigenvalue weighted by molar-refractivity contribution is 7.13. The minimum absolute atomic E-state index is 0.608. The van der Waals surface area contributed by atoms with Crippen LogP contribution in [0.25, 0.3) is 17.5 Å². The van der Waals surface area contributed by atoms with Crippen LogP contribution in [0.5, 0.6) is 0 Å². The van der Waals surface area contributed by atoms with Gasteiger partial charge in [0.2, 0.25) is 0 Å². The third kappa shape index (κ3) is 3.97. The van der Waals surface area contributed by atoms with Crippen molar-refractivity contribution in [2.45, 2.75) is 46.0 Å². The van der Waals surface area contributed by atoms with Gasteiger partial charge in [0.25, 0.3) is 0 Å². The molecule has 0 aromatic carbocycles. The van der Waals surface area contributed by atoms with E-state index in [1.807, 2.05) is 28.9 Å². The second-order valence-electron chi connectivity index (χ2n) is 7.36. The van der Waals surface area contributed by atoms with Gasteiger partial charge < -0.3 is 10.6 Å². The zero-order valence-corrected chi connectivity index (χ0v) is 17.7. The van der Waals surface area contributed by atoms with E-state index in [1.165, 1.54) is 30.6 Å². The first kappa shape index (κ1) is 19.0. The van der Waals surface area contributed by atoms with Gasteiger partial charge in [-0.25, -0.2) is 0 Å². The van der Waals surface area contributed by atoms with E-state index in [0.717, 1.165) is 24.4 Å². The number of thiophene rings is 2. The molecule has 4 heteroatoms. The highest BCUT2D eigenvalue weighted by atomic mass is 32.1. The first-order valence-electron chi connectivity index (χ1n) is 9.18. The maximum absolute atomic E-state index is 4.03. The summed E-state index contributed by atoms with van der Waals surface area (Å²) in [6, 6.07) is 4.60. The molecule has 0 aliphatic carbocycles. The van der Waals surface area contributed by atoms with Gasteiger partial charge >= 0.3 is 0 Å². The van der Waals surface area contributed by atoms with E-state index in [0.29, 0.717) is 11.8 Å². The van der Waals surface area contributed by atoms with E-state index in [9.17, 15) is 0 Å². The molecule has 0 saturated heterocycles. The van der Waals surface area contributed by atoms with E-state index < -0.39 is 0 Å². The normalized spacial score (nSPS) is 15.2. The Morgan fingerprint density at radius 1 is 0.923 bits per heavy atom. The van der Waals surface area contributed by atoms with Crippen molar-refractivity contribution in [3.05, 3.63) is 62.1 Å². The standard InChI is InChI=1S/C11H15NS.C11H13NS/c2*1-7(2)10-6-9-4-5-12-8(3)11(9)13-10/h6-7,12H,3-5H2,1-2H3;4-7,12H,3H2,1-2H3. The SMILES string of the molecule is C=C1NC=Cc2cc(C(C)C)sc21.C=C1NCCc2cc(C(C)C)sc21. The molecule has 4 rings (SSSR count). The Kier molecular flexibility index (Phi) is 5.73. The number of nitrogens with one attached hydrogen (secondary N) is 2. The number of hydrogen-bond acceptors (Lipinski definition) is 4. The lowest BCUT2D eigenvalue weighted by Crippen LogP contribution is -2.20. The van der Waals surface area contributed by atoms with Gasteiger partial charge in [-0.15, -0.1) is 22.7 Å². The van der Waals surface area contributed by atoms with Crippen LogP contribution in [0.2, 0.25) is 0 Å². The van der Waals surface area contributed by atoms with Crippen LogP contribution in [0.4, 0.5) is 0 Å². The lowest BCUT2D eigenvalue weighted by molar-refractivity contribution is 0.821. The van der Waals surface area contributed by atoms with Crippen molar-refractivity contribution in [1.29, 1.82) is 0 Å². The van der Waals surface area contributed by atoms with E-state index in [-0.39, 0.29) is 0 Å². The summed E-state index contributed by atoms with van der Waals surface area (Å²) in [5.41, 5.74) is 4.92. The topological polar surface area (TPSA) is 24.1 Å². The average Bonchev–Trinajstić information content (AvgIpc) is 3.21. The van der Waals surface area contributed by atoms with Crippen LogP contribution in [0.1, 0.15) is 70.2 Å². The summed E-state index contributed by atoms with van der Waals surface area (Å²) in [4.78, 5) is 5.57. The summed E-state index contributed by atoms with van der Waals surface area (Å²) in [5.74, 6) is 1.25. The summed E-state index contributed by atoms with van der Waals surface area (Å²) < 4.78 is 0. The van der Waals surface area contributed by atoms with Gasteiger partial charge in [0.1, 0.15) is 0 Å². The van der Waals surface area contributed by atoms with Crippen molar-refractivity contribution >= 4 is 40.1 Å². The number of hydrogen-bond donors (Lipinski definition) is 2. The van der Waals surface area contributed by atoms with Gasteiger partial charge in [0.15, 0.2) is 0 Å². The Labute approximate surface area is 165 Å². The minimum atomic E-state index is 0.608. The first-order chi connectivity index (χ1) is 12.4. The zero-order valence-electron chi connectivity index (χ0n) is 16.1. The van der Waals surface area contributed by atoms with Crippen LogP contribution in [0.15, 0.2) is 31.5 Å². The highest BCUT2D eigenvalue weighted by Crippen LogP contribution is 2.35. The van der Waals surface area contributed by atoms with Crippen LogP contribution in [0.3, 0.4) is 0 Å². The largest absolute Gasteiger partial charge is 0.384 e. The van der Waals surface area contributed by atoms with Crippen LogP contribution in [-0.4, -0.2) is 6.54 Å². The van der Waals surface area contributed by atoms with Crippen molar-refractivity contribution in [2.75, 3.05) is 6.54 Å². The molecule has 26 heavy (non-hydrogen) atoms. The fourth-order valence-electron chi connectivity index (χ4n) is 2.97. The van der Waals surface area contributed by atoms with Crippen molar-refractivity contribution in [2.24, 2.45) is 0 Å². The molecule has 0 radical (unpaired) electrons. The molecule has 0 amide bonds. The molecule has 2 N–H and O–H groups in total. The lowest BCUT2D eigenvalue weighted by atomic mass is 10.1. The molecule has 4 heterocycles. The summed E-state index contributed by atoms with van der Waals surface area (Å²) in [6.45, 7) is 18.0. The van der Waals surface area contributed by atoms with Crippen LogP contribution in [0, 0.1) is 0 Å². The molecule has 0 saturated carbocycles. The van der Waals surface area contributed by atoms with E-state index >= 15 is 0 Å². The van der Waals surface area contributed by atoms with E-state index in [1.54, 1.807) is 0 Å². The smallest absolute Gasteiger partial charge is 0.0575 e. The molecule has 2 nitrogen and oxygen atoms in total. The Bertz CT molecular complexity index is 850.